The Morgan fingerprint density at radius 3 is 3.00 bits per heavy atom. The van der Waals surface area contributed by atoms with Crippen LogP contribution in [-0.2, 0) is 4.79 Å². The van der Waals surface area contributed by atoms with Crippen molar-refractivity contribution in [3.05, 3.63) is 26.9 Å². The second kappa shape index (κ2) is 5.99. The molecule has 0 aromatic carbocycles. The van der Waals surface area contributed by atoms with E-state index in [1.54, 1.807) is 35.4 Å². The summed E-state index contributed by atoms with van der Waals surface area (Å²) >= 11 is 4.97. The molecule has 1 heterocycles. The predicted octanol–water partition coefficient (Wildman–Crippen LogP) is 2.75. The maximum Gasteiger partial charge on any atom is 0.246 e. The number of carbonyl (C=O) groups excluding carboxylic acids is 1. The zero-order valence-corrected chi connectivity index (χ0v) is 12.6. The Hall–Kier alpha value is -0.650. The highest BCUT2D eigenvalue weighted by atomic mass is 79.9. The van der Waals surface area contributed by atoms with Gasteiger partial charge in [0.2, 0.25) is 5.91 Å². The summed E-state index contributed by atoms with van der Waals surface area (Å²) in [6, 6.07) is 1.97. The van der Waals surface area contributed by atoms with Gasteiger partial charge < -0.3 is 10.0 Å². The summed E-state index contributed by atoms with van der Waals surface area (Å²) < 4.78 is 1.05. The van der Waals surface area contributed by atoms with E-state index in [0.717, 1.165) is 22.2 Å². The van der Waals surface area contributed by atoms with Gasteiger partial charge in [-0.05, 0) is 57.8 Å². The molecule has 18 heavy (non-hydrogen) atoms. The SMILES string of the molecule is CN(CC(O)C1CC1)C(=O)C=Cc1csc(Br)c1. The molecule has 0 bridgehead atoms. The number of aliphatic hydroxyl groups is 1. The van der Waals surface area contributed by atoms with E-state index < -0.39 is 0 Å². The molecule has 0 spiro atoms. The maximum absolute atomic E-state index is 11.8. The smallest absolute Gasteiger partial charge is 0.246 e. The van der Waals surface area contributed by atoms with E-state index in [1.807, 2.05) is 11.4 Å². The van der Waals surface area contributed by atoms with Crippen molar-refractivity contribution in [1.29, 1.82) is 0 Å². The Bertz CT molecular complexity index is 454. The highest BCUT2D eigenvalue weighted by Gasteiger charge is 2.30. The normalized spacial score (nSPS) is 17.1. The molecule has 3 nitrogen and oxygen atoms in total. The highest BCUT2D eigenvalue weighted by molar-refractivity contribution is 9.11. The molecule has 1 aromatic rings. The van der Waals surface area contributed by atoms with E-state index in [2.05, 4.69) is 15.9 Å². The van der Waals surface area contributed by atoms with Crippen molar-refractivity contribution in [3.63, 3.8) is 0 Å². The molecule has 0 radical (unpaired) electrons. The minimum Gasteiger partial charge on any atom is -0.391 e. The van der Waals surface area contributed by atoms with Crippen LogP contribution in [0.3, 0.4) is 0 Å². The summed E-state index contributed by atoms with van der Waals surface area (Å²) in [5.74, 6) is 0.328. The molecule has 1 aromatic heterocycles. The van der Waals surface area contributed by atoms with E-state index in [9.17, 15) is 9.90 Å². The van der Waals surface area contributed by atoms with Gasteiger partial charge in [0.25, 0.3) is 0 Å². The largest absolute Gasteiger partial charge is 0.391 e. The summed E-state index contributed by atoms with van der Waals surface area (Å²) in [5.41, 5.74) is 1.01. The average molecular weight is 330 g/mol. The third-order valence-electron chi connectivity index (χ3n) is 3.01. The number of amides is 1. The number of rotatable bonds is 5. The quantitative estimate of drug-likeness (QED) is 0.844. The fraction of sp³-hybridized carbons (Fsp3) is 0.462. The molecule has 1 aliphatic rings. The maximum atomic E-state index is 11.8. The molecule has 0 saturated heterocycles. The van der Waals surface area contributed by atoms with Crippen molar-refractivity contribution in [2.24, 2.45) is 5.92 Å². The molecule has 1 aliphatic carbocycles. The van der Waals surface area contributed by atoms with Crippen LogP contribution in [0.25, 0.3) is 6.08 Å². The van der Waals surface area contributed by atoms with Gasteiger partial charge in [-0.15, -0.1) is 11.3 Å². The number of hydrogen-bond acceptors (Lipinski definition) is 3. The Labute approximate surface area is 119 Å². The monoisotopic (exact) mass is 329 g/mol. The standard InChI is InChI=1S/C13H16BrNO2S/c1-15(7-11(16)10-3-4-10)13(17)5-2-9-6-12(14)18-8-9/h2,5-6,8,10-11,16H,3-4,7H2,1H3. The molecule has 5 heteroatoms. The van der Waals surface area contributed by atoms with Gasteiger partial charge in [0.05, 0.1) is 9.89 Å². The van der Waals surface area contributed by atoms with E-state index >= 15 is 0 Å². The van der Waals surface area contributed by atoms with Crippen LogP contribution >= 0.6 is 27.3 Å². The third-order valence-corrected chi connectivity index (χ3v) is 4.53. The fourth-order valence-electron chi connectivity index (χ4n) is 1.71. The number of thiophene rings is 1. The molecular weight excluding hydrogens is 314 g/mol. The third kappa shape index (κ3) is 3.93. The minimum atomic E-state index is -0.373. The number of likely N-dealkylation sites (N-methyl/N-ethyl adjacent to an activating group) is 1. The first-order valence-corrected chi connectivity index (χ1v) is 7.59. The van der Waals surface area contributed by atoms with Crippen molar-refractivity contribution in [1.82, 2.24) is 4.90 Å². The van der Waals surface area contributed by atoms with E-state index in [1.165, 1.54) is 0 Å². The van der Waals surface area contributed by atoms with Gasteiger partial charge in [-0.25, -0.2) is 0 Å². The summed E-state index contributed by atoms with van der Waals surface area (Å²) in [6.45, 7) is 0.418. The predicted molar refractivity (Wildman–Crippen MR) is 77.4 cm³/mol. The number of nitrogens with zero attached hydrogens (tertiary/aromatic N) is 1. The highest BCUT2D eigenvalue weighted by Crippen LogP contribution is 2.32. The lowest BCUT2D eigenvalue weighted by Crippen LogP contribution is -2.34. The van der Waals surface area contributed by atoms with Gasteiger partial charge in [-0.3, -0.25) is 4.79 Å². The molecule has 0 aliphatic heterocycles. The van der Waals surface area contributed by atoms with Gasteiger partial charge in [0, 0.05) is 19.7 Å². The average Bonchev–Trinajstić information content (AvgIpc) is 3.10. The van der Waals surface area contributed by atoms with Crippen molar-refractivity contribution >= 4 is 39.2 Å². The van der Waals surface area contributed by atoms with Gasteiger partial charge in [0.1, 0.15) is 0 Å². The Kier molecular flexibility index (Phi) is 4.59. The van der Waals surface area contributed by atoms with Crippen molar-refractivity contribution in [2.75, 3.05) is 13.6 Å². The van der Waals surface area contributed by atoms with Gasteiger partial charge in [0.15, 0.2) is 0 Å². The van der Waals surface area contributed by atoms with Crippen LogP contribution in [0.1, 0.15) is 18.4 Å². The molecular formula is C13H16BrNO2S. The summed E-state index contributed by atoms with van der Waals surface area (Å²) in [5, 5.41) is 11.8. The van der Waals surface area contributed by atoms with Gasteiger partial charge in [-0.1, -0.05) is 0 Å². The summed E-state index contributed by atoms with van der Waals surface area (Å²) in [6.07, 6.45) is 5.14. The van der Waals surface area contributed by atoms with Crippen LogP contribution in [0.2, 0.25) is 0 Å². The van der Waals surface area contributed by atoms with E-state index in [4.69, 9.17) is 0 Å². The van der Waals surface area contributed by atoms with Crippen LogP contribution in [0.4, 0.5) is 0 Å². The molecule has 1 unspecified atom stereocenters. The summed E-state index contributed by atoms with van der Waals surface area (Å²) in [4.78, 5) is 13.4. The van der Waals surface area contributed by atoms with Crippen molar-refractivity contribution < 1.29 is 9.90 Å². The van der Waals surface area contributed by atoms with E-state index in [0.29, 0.717) is 12.5 Å². The zero-order valence-electron chi connectivity index (χ0n) is 10.2. The molecule has 1 N–H and O–H groups in total. The molecule has 1 atom stereocenters. The van der Waals surface area contributed by atoms with Crippen molar-refractivity contribution in [3.8, 4) is 0 Å². The number of aliphatic hydroxyl groups excluding tert-OH is 1. The van der Waals surface area contributed by atoms with Crippen LogP contribution in [0.15, 0.2) is 21.3 Å². The second-order valence-electron chi connectivity index (χ2n) is 4.64. The minimum absolute atomic E-state index is 0.0722. The van der Waals surface area contributed by atoms with Crippen LogP contribution in [0, 0.1) is 5.92 Å². The summed E-state index contributed by atoms with van der Waals surface area (Å²) in [7, 11) is 1.72. The molecule has 2 rings (SSSR count). The molecule has 1 saturated carbocycles. The van der Waals surface area contributed by atoms with Gasteiger partial charge in [-0.2, -0.15) is 0 Å². The van der Waals surface area contributed by atoms with Crippen LogP contribution < -0.4 is 0 Å². The van der Waals surface area contributed by atoms with Gasteiger partial charge >= 0.3 is 0 Å². The molecule has 98 valence electrons. The molecule has 1 fully saturated rings. The number of halogens is 1. The Balaban J connectivity index is 1.84. The zero-order chi connectivity index (χ0) is 13.1. The lowest BCUT2D eigenvalue weighted by molar-refractivity contribution is -0.126. The number of carbonyl (C=O) groups is 1. The van der Waals surface area contributed by atoms with Crippen molar-refractivity contribution in [2.45, 2.75) is 18.9 Å². The van der Waals surface area contributed by atoms with Crippen LogP contribution in [-0.4, -0.2) is 35.6 Å². The second-order valence-corrected chi connectivity index (χ2v) is 6.93. The first-order valence-electron chi connectivity index (χ1n) is 5.91. The van der Waals surface area contributed by atoms with E-state index in [-0.39, 0.29) is 12.0 Å². The van der Waals surface area contributed by atoms with Crippen LogP contribution in [0.5, 0.6) is 0 Å². The first-order chi connectivity index (χ1) is 8.56. The molecule has 1 amide bonds. The lowest BCUT2D eigenvalue weighted by atomic mass is 10.2. The first kappa shape index (κ1) is 13.8. The number of hydrogen-bond donors (Lipinski definition) is 1. The lowest BCUT2D eigenvalue weighted by Gasteiger charge is -2.19. The topological polar surface area (TPSA) is 40.5 Å². The Morgan fingerprint density at radius 1 is 1.72 bits per heavy atom. The fourth-order valence-corrected chi connectivity index (χ4v) is 2.85. The Morgan fingerprint density at radius 2 is 2.44 bits per heavy atom.